The van der Waals surface area contributed by atoms with Crippen LogP contribution in [0.5, 0.6) is 0 Å². The first-order valence-corrected chi connectivity index (χ1v) is 10.2. The van der Waals surface area contributed by atoms with Crippen LogP contribution in [0.15, 0.2) is 4.99 Å². The Morgan fingerprint density at radius 3 is 2.39 bits per heavy atom. The highest BCUT2D eigenvalue weighted by Gasteiger charge is 2.22. The lowest BCUT2D eigenvalue weighted by molar-refractivity contribution is 0.167. The third-order valence-corrected chi connectivity index (χ3v) is 6.09. The molecule has 136 valence electrons. The van der Waals surface area contributed by atoms with Gasteiger partial charge in [0.15, 0.2) is 5.96 Å². The predicted molar refractivity (Wildman–Crippen MR) is 102 cm³/mol. The van der Waals surface area contributed by atoms with Gasteiger partial charge in [-0.2, -0.15) is 0 Å². The van der Waals surface area contributed by atoms with Crippen LogP contribution >= 0.6 is 0 Å². The van der Waals surface area contributed by atoms with Crippen LogP contribution in [-0.2, 0) is 10.8 Å². The lowest BCUT2D eigenvalue weighted by Crippen LogP contribution is -2.50. The molecule has 0 bridgehead atoms. The molecule has 6 heteroatoms. The normalized spacial score (nSPS) is 19.9. The molecule has 1 unspecified atom stereocenters. The van der Waals surface area contributed by atoms with Crippen LogP contribution in [0.25, 0.3) is 0 Å². The molecule has 1 rings (SSSR count). The van der Waals surface area contributed by atoms with E-state index in [0.717, 1.165) is 38.4 Å². The largest absolute Gasteiger partial charge is 0.357 e. The molecule has 0 radical (unpaired) electrons. The molecule has 0 aromatic rings. The van der Waals surface area contributed by atoms with Gasteiger partial charge in [-0.25, -0.2) is 0 Å². The molecule has 2 N–H and O–H groups in total. The van der Waals surface area contributed by atoms with Gasteiger partial charge in [-0.1, -0.05) is 0 Å². The minimum atomic E-state index is -0.844. The second kappa shape index (κ2) is 9.62. The molecular formula is C17H36N4OS. The summed E-state index contributed by atoms with van der Waals surface area (Å²) in [5.41, 5.74) is 0. The summed E-state index contributed by atoms with van der Waals surface area (Å²) in [7, 11) is -0.844. The van der Waals surface area contributed by atoms with Gasteiger partial charge in [0.05, 0.1) is 6.54 Å². The van der Waals surface area contributed by atoms with Crippen LogP contribution in [0.3, 0.4) is 0 Å². The topological polar surface area (TPSA) is 56.7 Å². The van der Waals surface area contributed by atoms with Crippen LogP contribution < -0.4 is 10.6 Å². The highest BCUT2D eigenvalue weighted by molar-refractivity contribution is 7.86. The number of likely N-dealkylation sites (tertiary alicyclic amines) is 1. The number of rotatable bonds is 6. The van der Waals surface area contributed by atoms with Crippen molar-refractivity contribution in [2.45, 2.75) is 71.2 Å². The Hall–Kier alpha value is -0.620. The van der Waals surface area contributed by atoms with Gasteiger partial charge >= 0.3 is 0 Å². The summed E-state index contributed by atoms with van der Waals surface area (Å²) in [6.07, 6.45) is 2.30. The molecule has 23 heavy (non-hydrogen) atoms. The Balaban J connectivity index is 2.46. The zero-order valence-corrected chi connectivity index (χ0v) is 16.6. The van der Waals surface area contributed by atoms with Gasteiger partial charge in [0, 0.05) is 53.0 Å². The Morgan fingerprint density at radius 1 is 1.30 bits per heavy atom. The highest BCUT2D eigenvalue weighted by atomic mass is 32.2. The summed E-state index contributed by atoms with van der Waals surface area (Å²) in [4.78, 5) is 7.13. The standard InChI is InChI=1S/C17H36N4OS/c1-7-18-16(19-10-13-23(22)17(4,5)6)20-15-8-11-21(12-9-15)14(2)3/h14-15H,7-13H2,1-6H3,(H2,18,19,20). The maximum atomic E-state index is 12.1. The zero-order valence-electron chi connectivity index (χ0n) is 15.8. The van der Waals surface area contributed by atoms with E-state index in [0.29, 0.717) is 24.4 Å². The van der Waals surface area contributed by atoms with Crippen molar-refractivity contribution in [2.75, 3.05) is 31.9 Å². The van der Waals surface area contributed by atoms with Gasteiger partial charge in [0.25, 0.3) is 0 Å². The fourth-order valence-corrected chi connectivity index (χ4v) is 3.49. The van der Waals surface area contributed by atoms with E-state index >= 15 is 0 Å². The van der Waals surface area contributed by atoms with Gasteiger partial charge in [-0.15, -0.1) is 0 Å². The average Bonchev–Trinajstić information content (AvgIpc) is 2.46. The van der Waals surface area contributed by atoms with Gasteiger partial charge in [0.2, 0.25) is 0 Å². The molecule has 0 amide bonds. The van der Waals surface area contributed by atoms with E-state index < -0.39 is 10.8 Å². The van der Waals surface area contributed by atoms with Gasteiger partial charge in [-0.3, -0.25) is 9.20 Å². The number of guanidine groups is 1. The molecule has 1 aliphatic heterocycles. The fraction of sp³-hybridized carbons (Fsp3) is 0.941. The quantitative estimate of drug-likeness (QED) is 0.571. The summed E-state index contributed by atoms with van der Waals surface area (Å²) in [6.45, 7) is 16.4. The van der Waals surface area contributed by atoms with Crippen molar-refractivity contribution in [1.82, 2.24) is 15.5 Å². The summed E-state index contributed by atoms with van der Waals surface area (Å²) >= 11 is 0. The van der Waals surface area contributed by atoms with Gasteiger partial charge in [-0.05, 0) is 54.4 Å². The van der Waals surface area contributed by atoms with Crippen LogP contribution in [-0.4, -0.2) is 63.8 Å². The van der Waals surface area contributed by atoms with E-state index in [9.17, 15) is 4.21 Å². The molecule has 1 aliphatic rings. The smallest absolute Gasteiger partial charge is 0.191 e. The molecule has 0 saturated carbocycles. The molecule has 1 saturated heterocycles. The third kappa shape index (κ3) is 7.66. The first-order valence-electron chi connectivity index (χ1n) is 8.91. The number of hydrogen-bond acceptors (Lipinski definition) is 3. The number of aliphatic imine (C=N–C) groups is 1. The third-order valence-electron chi connectivity index (χ3n) is 4.17. The first-order chi connectivity index (χ1) is 10.7. The van der Waals surface area contributed by atoms with E-state index in [4.69, 9.17) is 0 Å². The van der Waals surface area contributed by atoms with E-state index in [1.165, 1.54) is 0 Å². The van der Waals surface area contributed by atoms with Crippen LogP contribution in [0.4, 0.5) is 0 Å². The molecule has 5 nitrogen and oxygen atoms in total. The summed E-state index contributed by atoms with van der Waals surface area (Å²) < 4.78 is 11.9. The summed E-state index contributed by atoms with van der Waals surface area (Å²) in [5.74, 6) is 1.48. The van der Waals surface area contributed by atoms with Crippen molar-refractivity contribution in [1.29, 1.82) is 0 Å². The SMILES string of the molecule is CCNC(=NCCS(=O)C(C)(C)C)NC1CCN(C(C)C)CC1. The number of piperidine rings is 1. The van der Waals surface area contributed by atoms with Crippen molar-refractivity contribution >= 4 is 16.8 Å². The fourth-order valence-electron chi connectivity index (χ4n) is 2.62. The number of nitrogens with one attached hydrogen (secondary N) is 2. The second-order valence-corrected chi connectivity index (χ2v) is 9.80. The minimum Gasteiger partial charge on any atom is -0.357 e. The van der Waals surface area contributed by atoms with Crippen molar-refractivity contribution < 1.29 is 4.21 Å². The Bertz CT molecular complexity index is 396. The van der Waals surface area contributed by atoms with Crippen molar-refractivity contribution in [2.24, 2.45) is 4.99 Å². The second-order valence-electron chi connectivity index (χ2n) is 7.47. The first kappa shape index (κ1) is 20.4. The van der Waals surface area contributed by atoms with E-state index in [2.05, 4.69) is 41.3 Å². The van der Waals surface area contributed by atoms with E-state index in [-0.39, 0.29) is 4.75 Å². The van der Waals surface area contributed by atoms with Crippen molar-refractivity contribution in [3.63, 3.8) is 0 Å². The van der Waals surface area contributed by atoms with E-state index in [1.807, 2.05) is 20.8 Å². The Labute approximate surface area is 145 Å². The average molecular weight is 345 g/mol. The maximum absolute atomic E-state index is 12.1. The summed E-state index contributed by atoms with van der Waals surface area (Å²) in [6, 6.07) is 1.11. The molecule has 0 aromatic heterocycles. The van der Waals surface area contributed by atoms with Crippen molar-refractivity contribution in [3.05, 3.63) is 0 Å². The molecule has 1 heterocycles. The minimum absolute atomic E-state index is 0.162. The molecule has 0 aliphatic carbocycles. The molecule has 0 aromatic carbocycles. The Kier molecular flexibility index (Phi) is 8.54. The van der Waals surface area contributed by atoms with Gasteiger partial charge in [0.1, 0.15) is 0 Å². The lowest BCUT2D eigenvalue weighted by Gasteiger charge is -2.35. The Morgan fingerprint density at radius 2 is 1.91 bits per heavy atom. The predicted octanol–water partition coefficient (Wildman–Crippen LogP) is 1.96. The molecular weight excluding hydrogens is 308 g/mol. The van der Waals surface area contributed by atoms with Crippen LogP contribution in [0.1, 0.15) is 54.4 Å². The molecule has 0 spiro atoms. The maximum Gasteiger partial charge on any atom is 0.191 e. The van der Waals surface area contributed by atoms with E-state index in [1.54, 1.807) is 0 Å². The highest BCUT2D eigenvalue weighted by Crippen LogP contribution is 2.13. The van der Waals surface area contributed by atoms with Crippen molar-refractivity contribution in [3.8, 4) is 0 Å². The number of hydrogen-bond donors (Lipinski definition) is 2. The van der Waals surface area contributed by atoms with Gasteiger partial charge < -0.3 is 15.5 Å². The monoisotopic (exact) mass is 344 g/mol. The lowest BCUT2D eigenvalue weighted by atomic mass is 10.0. The van der Waals surface area contributed by atoms with Crippen LogP contribution in [0, 0.1) is 0 Å². The molecule has 1 fully saturated rings. The summed E-state index contributed by atoms with van der Waals surface area (Å²) in [5, 5.41) is 6.84. The number of nitrogens with zero attached hydrogens (tertiary/aromatic N) is 2. The van der Waals surface area contributed by atoms with Crippen LogP contribution in [0.2, 0.25) is 0 Å². The zero-order chi connectivity index (χ0) is 17.5. The molecule has 1 atom stereocenters.